The van der Waals surface area contributed by atoms with Crippen LogP contribution in [0.4, 0.5) is 0 Å². The first-order valence-electron chi connectivity index (χ1n) is 10.2. The van der Waals surface area contributed by atoms with Crippen LogP contribution in [-0.4, -0.2) is 27.1 Å². The zero-order chi connectivity index (χ0) is 20.7. The van der Waals surface area contributed by atoms with E-state index in [1.54, 1.807) is 6.20 Å². The molecule has 3 heterocycles. The van der Waals surface area contributed by atoms with E-state index in [2.05, 4.69) is 84.3 Å². The van der Waals surface area contributed by atoms with Crippen LogP contribution in [-0.2, 0) is 0 Å². The van der Waals surface area contributed by atoms with E-state index >= 15 is 0 Å². The molecule has 1 aliphatic rings. The highest BCUT2D eigenvalue weighted by Gasteiger charge is 2.26. The Labute approximate surface area is 176 Å². The first-order chi connectivity index (χ1) is 14.6. The van der Waals surface area contributed by atoms with Gasteiger partial charge in [0.05, 0.1) is 18.0 Å². The fourth-order valence-corrected chi connectivity index (χ4v) is 4.20. The molecule has 150 valence electrons. The molecule has 0 bridgehead atoms. The van der Waals surface area contributed by atoms with Crippen molar-refractivity contribution in [2.45, 2.75) is 33.0 Å². The van der Waals surface area contributed by atoms with Crippen molar-refractivity contribution in [2.24, 2.45) is 4.99 Å². The highest BCUT2D eigenvalue weighted by molar-refractivity contribution is 5.90. The number of aromatic nitrogens is 2. The van der Waals surface area contributed by atoms with Gasteiger partial charge < -0.3 is 9.32 Å². The summed E-state index contributed by atoms with van der Waals surface area (Å²) in [6, 6.07) is 17.0. The summed E-state index contributed by atoms with van der Waals surface area (Å²) in [7, 11) is 0. The Bertz CT molecular complexity index is 1250. The fraction of sp³-hybridized carbons (Fsp3) is 0.200. The van der Waals surface area contributed by atoms with E-state index in [0.717, 1.165) is 27.9 Å². The number of fused-ring (bicyclic) bond motifs is 1. The van der Waals surface area contributed by atoms with Crippen molar-refractivity contribution in [1.29, 1.82) is 0 Å². The predicted molar refractivity (Wildman–Crippen MR) is 121 cm³/mol. The van der Waals surface area contributed by atoms with E-state index in [1.165, 1.54) is 11.1 Å². The van der Waals surface area contributed by atoms with Gasteiger partial charge in [0.1, 0.15) is 11.7 Å². The normalized spacial score (nSPS) is 17.4. The Morgan fingerprint density at radius 1 is 1.10 bits per heavy atom. The number of benzene rings is 2. The highest BCUT2D eigenvalue weighted by Crippen LogP contribution is 2.36. The number of hydrogen-bond acceptors (Lipinski definition) is 4. The van der Waals surface area contributed by atoms with Crippen LogP contribution in [0.2, 0.25) is 0 Å². The number of furan rings is 1. The van der Waals surface area contributed by atoms with Gasteiger partial charge in [-0.1, -0.05) is 12.1 Å². The molecular formula is C25H24N4O. The third kappa shape index (κ3) is 3.12. The number of hydrogen-bond donors (Lipinski definition) is 0. The Hall–Kier alpha value is -3.60. The van der Waals surface area contributed by atoms with Crippen LogP contribution < -0.4 is 0 Å². The molecule has 0 N–H and O–H groups in total. The average Bonchev–Trinajstić information content (AvgIpc) is 3.43. The van der Waals surface area contributed by atoms with Gasteiger partial charge in [-0.3, -0.25) is 4.99 Å². The smallest absolute Gasteiger partial charge is 0.134 e. The molecule has 0 radical (unpaired) electrons. The molecule has 0 amide bonds. The highest BCUT2D eigenvalue weighted by atomic mass is 16.3. The molecule has 2 atom stereocenters. The third-order valence-corrected chi connectivity index (χ3v) is 5.82. The first-order valence-corrected chi connectivity index (χ1v) is 10.2. The maximum atomic E-state index is 5.64. The number of aryl methyl sites for hydroxylation is 1. The van der Waals surface area contributed by atoms with Crippen LogP contribution in [0.5, 0.6) is 0 Å². The number of aliphatic imine (C=N–C) groups is 1. The summed E-state index contributed by atoms with van der Waals surface area (Å²) < 4.78 is 7.53. The van der Waals surface area contributed by atoms with E-state index in [9.17, 15) is 0 Å². The molecule has 30 heavy (non-hydrogen) atoms. The standard InChI is InChI=1S/C25H24N4O/c1-17-16-30-25-9-8-21(15-23(17)25)24-10-12-26-19(3)29(24)18(2)20-6-4-7-22(14-20)28-13-5-11-27-28/h4-16,18-19H,1-3H3/t18-,19?/m0/s1. The summed E-state index contributed by atoms with van der Waals surface area (Å²) in [6.07, 6.45) is 9.63. The Morgan fingerprint density at radius 2 is 2.00 bits per heavy atom. The molecule has 2 aromatic heterocycles. The quantitative estimate of drug-likeness (QED) is 0.440. The molecule has 0 fully saturated rings. The minimum atomic E-state index is 0.0366. The summed E-state index contributed by atoms with van der Waals surface area (Å²) in [4.78, 5) is 7.04. The zero-order valence-electron chi connectivity index (χ0n) is 17.4. The van der Waals surface area contributed by atoms with Gasteiger partial charge in [0.15, 0.2) is 0 Å². The molecule has 1 unspecified atom stereocenters. The largest absolute Gasteiger partial charge is 0.464 e. The Balaban J connectivity index is 1.54. The minimum Gasteiger partial charge on any atom is -0.464 e. The van der Waals surface area contributed by atoms with E-state index in [1.807, 2.05) is 29.4 Å². The third-order valence-electron chi connectivity index (χ3n) is 5.82. The molecule has 5 rings (SSSR count). The van der Waals surface area contributed by atoms with Crippen LogP contribution in [0.1, 0.15) is 36.6 Å². The monoisotopic (exact) mass is 396 g/mol. The first kappa shape index (κ1) is 18.4. The molecule has 5 nitrogen and oxygen atoms in total. The molecular weight excluding hydrogens is 372 g/mol. The van der Waals surface area contributed by atoms with Crippen LogP contribution in [0.25, 0.3) is 22.4 Å². The van der Waals surface area contributed by atoms with Crippen molar-refractivity contribution in [3.63, 3.8) is 0 Å². The average molecular weight is 396 g/mol. The van der Waals surface area contributed by atoms with Crippen LogP contribution in [0.15, 0.2) is 82.7 Å². The van der Waals surface area contributed by atoms with Crippen molar-refractivity contribution < 1.29 is 4.42 Å². The number of nitrogens with zero attached hydrogens (tertiary/aromatic N) is 4. The van der Waals surface area contributed by atoms with Gasteiger partial charge in [-0.25, -0.2) is 4.68 Å². The predicted octanol–water partition coefficient (Wildman–Crippen LogP) is 5.76. The maximum absolute atomic E-state index is 5.64. The van der Waals surface area contributed by atoms with Gasteiger partial charge in [0.25, 0.3) is 0 Å². The second-order valence-corrected chi connectivity index (χ2v) is 7.74. The minimum absolute atomic E-state index is 0.0366. The van der Waals surface area contributed by atoms with Gasteiger partial charge >= 0.3 is 0 Å². The molecule has 0 spiro atoms. The lowest BCUT2D eigenvalue weighted by Gasteiger charge is -2.38. The summed E-state index contributed by atoms with van der Waals surface area (Å²) in [5.41, 5.74) is 6.67. The van der Waals surface area contributed by atoms with E-state index in [4.69, 9.17) is 4.42 Å². The van der Waals surface area contributed by atoms with Crippen molar-refractivity contribution in [1.82, 2.24) is 14.7 Å². The van der Waals surface area contributed by atoms with Gasteiger partial charge in [0, 0.05) is 29.7 Å². The van der Waals surface area contributed by atoms with Crippen LogP contribution >= 0.6 is 0 Å². The van der Waals surface area contributed by atoms with Gasteiger partial charge in [-0.05, 0) is 79.9 Å². The Morgan fingerprint density at radius 3 is 2.83 bits per heavy atom. The molecule has 4 aromatic rings. The second kappa shape index (κ2) is 7.34. The summed E-state index contributed by atoms with van der Waals surface area (Å²) >= 11 is 0. The van der Waals surface area contributed by atoms with E-state index < -0.39 is 0 Å². The SMILES string of the molecule is Cc1coc2ccc(C3=CC=NC(C)N3[C@@H](C)c3cccc(-n4cccn4)c3)cc12. The summed E-state index contributed by atoms with van der Waals surface area (Å²) in [6.45, 7) is 6.45. The summed E-state index contributed by atoms with van der Waals surface area (Å²) in [5.74, 6) is 0. The van der Waals surface area contributed by atoms with E-state index in [0.29, 0.717) is 0 Å². The summed E-state index contributed by atoms with van der Waals surface area (Å²) in [5, 5.41) is 5.52. The molecule has 5 heteroatoms. The van der Waals surface area contributed by atoms with Crippen molar-refractivity contribution in [3.05, 3.63) is 90.0 Å². The lowest BCUT2D eigenvalue weighted by atomic mass is 10.00. The maximum Gasteiger partial charge on any atom is 0.134 e. The Kier molecular flexibility index (Phi) is 4.51. The molecule has 0 saturated carbocycles. The number of rotatable bonds is 4. The van der Waals surface area contributed by atoms with Crippen molar-refractivity contribution in [3.8, 4) is 5.69 Å². The van der Waals surface area contributed by atoms with Crippen LogP contribution in [0, 0.1) is 6.92 Å². The van der Waals surface area contributed by atoms with Crippen molar-refractivity contribution >= 4 is 22.9 Å². The van der Waals surface area contributed by atoms with E-state index in [-0.39, 0.29) is 12.2 Å². The lowest BCUT2D eigenvalue weighted by molar-refractivity contribution is 0.252. The van der Waals surface area contributed by atoms with Crippen LogP contribution in [0.3, 0.4) is 0 Å². The van der Waals surface area contributed by atoms with Gasteiger partial charge in [-0.15, -0.1) is 0 Å². The van der Waals surface area contributed by atoms with Gasteiger partial charge in [-0.2, -0.15) is 5.10 Å². The molecule has 2 aromatic carbocycles. The molecule has 0 saturated heterocycles. The van der Waals surface area contributed by atoms with Gasteiger partial charge in [0.2, 0.25) is 0 Å². The number of allylic oxidation sites excluding steroid dienone is 1. The fourth-order valence-electron chi connectivity index (χ4n) is 4.20. The topological polar surface area (TPSA) is 46.6 Å². The van der Waals surface area contributed by atoms with Crippen molar-refractivity contribution in [2.75, 3.05) is 0 Å². The zero-order valence-corrected chi connectivity index (χ0v) is 17.4. The molecule has 0 aliphatic carbocycles. The second-order valence-electron chi connectivity index (χ2n) is 7.74. The lowest BCUT2D eigenvalue weighted by Crippen LogP contribution is -2.35. The molecule has 1 aliphatic heterocycles.